The van der Waals surface area contributed by atoms with Gasteiger partial charge in [-0.15, -0.1) is 0 Å². The lowest BCUT2D eigenvalue weighted by atomic mass is 10.1. The van der Waals surface area contributed by atoms with Gasteiger partial charge in [0.05, 0.1) is 0 Å². The number of hydrogen-bond acceptors (Lipinski definition) is 3. The lowest BCUT2D eigenvalue weighted by molar-refractivity contribution is -0.142. The van der Waals surface area contributed by atoms with Crippen molar-refractivity contribution in [3.05, 3.63) is 0 Å². The maximum absolute atomic E-state index is 10.5. The molecule has 0 radical (unpaired) electrons. The van der Waals surface area contributed by atoms with Crippen LogP contribution in [0.25, 0.3) is 0 Å². The topological polar surface area (TPSA) is 43.4 Å². The van der Waals surface area contributed by atoms with E-state index in [0.29, 0.717) is 19.3 Å². The summed E-state index contributed by atoms with van der Waals surface area (Å²) in [6, 6.07) is 0. The number of ether oxygens (including phenoxy) is 1. The standard InChI is InChI=1S/C7H10O3/c1-5(8)4-6-2-3-7(9)10-6/h6H,2-4H2,1H3. The average Bonchev–Trinajstić information content (AvgIpc) is 2.13. The van der Waals surface area contributed by atoms with E-state index in [4.69, 9.17) is 4.74 Å². The molecule has 0 spiro atoms. The number of hydrogen-bond donors (Lipinski definition) is 0. The van der Waals surface area contributed by atoms with Crippen molar-refractivity contribution in [2.24, 2.45) is 0 Å². The lowest BCUT2D eigenvalue weighted by Crippen LogP contribution is -2.10. The molecule has 0 bridgehead atoms. The highest BCUT2D eigenvalue weighted by Gasteiger charge is 2.23. The highest BCUT2D eigenvalue weighted by atomic mass is 16.5. The Bertz CT molecular complexity index is 162. The molecule has 1 unspecified atom stereocenters. The molecular formula is C7H10O3. The summed E-state index contributed by atoms with van der Waals surface area (Å²) in [5.41, 5.74) is 0. The van der Waals surface area contributed by atoms with E-state index >= 15 is 0 Å². The predicted molar refractivity (Wildman–Crippen MR) is 34.4 cm³/mol. The Hall–Kier alpha value is -0.860. The largest absolute Gasteiger partial charge is 0.462 e. The zero-order valence-corrected chi connectivity index (χ0v) is 5.92. The summed E-state index contributed by atoms with van der Waals surface area (Å²) in [6.07, 6.45) is 1.42. The van der Waals surface area contributed by atoms with Crippen molar-refractivity contribution < 1.29 is 14.3 Å². The molecule has 3 heteroatoms. The molecule has 1 aliphatic heterocycles. The third-order valence-electron chi connectivity index (χ3n) is 1.48. The normalized spacial score (nSPS) is 24.5. The van der Waals surface area contributed by atoms with Crippen LogP contribution >= 0.6 is 0 Å². The molecule has 0 aromatic carbocycles. The molecule has 0 saturated carbocycles. The first-order valence-electron chi connectivity index (χ1n) is 3.37. The first-order valence-corrected chi connectivity index (χ1v) is 3.37. The van der Waals surface area contributed by atoms with Crippen LogP contribution in [0.4, 0.5) is 0 Å². The molecule has 0 aromatic rings. The van der Waals surface area contributed by atoms with Crippen LogP contribution in [0.1, 0.15) is 26.2 Å². The van der Waals surface area contributed by atoms with Crippen molar-refractivity contribution >= 4 is 11.8 Å². The molecule has 1 heterocycles. The second-order valence-electron chi connectivity index (χ2n) is 2.56. The van der Waals surface area contributed by atoms with Crippen LogP contribution in [0.5, 0.6) is 0 Å². The molecule has 1 saturated heterocycles. The molecule has 0 aromatic heterocycles. The van der Waals surface area contributed by atoms with Crippen LogP contribution in [0.15, 0.2) is 0 Å². The van der Waals surface area contributed by atoms with Gasteiger partial charge in [-0.3, -0.25) is 9.59 Å². The van der Waals surface area contributed by atoms with Gasteiger partial charge in [-0.25, -0.2) is 0 Å². The van der Waals surface area contributed by atoms with Crippen molar-refractivity contribution in [1.82, 2.24) is 0 Å². The van der Waals surface area contributed by atoms with E-state index in [9.17, 15) is 9.59 Å². The third-order valence-corrected chi connectivity index (χ3v) is 1.48. The van der Waals surface area contributed by atoms with Crippen molar-refractivity contribution in [3.8, 4) is 0 Å². The van der Waals surface area contributed by atoms with Crippen LogP contribution in [0.3, 0.4) is 0 Å². The van der Waals surface area contributed by atoms with Crippen molar-refractivity contribution in [3.63, 3.8) is 0 Å². The maximum Gasteiger partial charge on any atom is 0.306 e. The zero-order chi connectivity index (χ0) is 7.56. The summed E-state index contributed by atoms with van der Waals surface area (Å²) in [7, 11) is 0. The van der Waals surface area contributed by atoms with Gasteiger partial charge < -0.3 is 4.74 Å². The minimum Gasteiger partial charge on any atom is -0.462 e. The fourth-order valence-corrected chi connectivity index (χ4v) is 1.05. The fraction of sp³-hybridized carbons (Fsp3) is 0.714. The molecule has 1 fully saturated rings. The Labute approximate surface area is 59.4 Å². The number of rotatable bonds is 2. The Morgan fingerprint density at radius 1 is 1.80 bits per heavy atom. The number of esters is 1. The first kappa shape index (κ1) is 7.25. The molecular weight excluding hydrogens is 132 g/mol. The minimum absolute atomic E-state index is 0.0831. The van der Waals surface area contributed by atoms with Crippen molar-refractivity contribution in [2.75, 3.05) is 0 Å². The number of carbonyl (C=O) groups excluding carboxylic acids is 2. The van der Waals surface area contributed by atoms with E-state index in [1.165, 1.54) is 6.92 Å². The van der Waals surface area contributed by atoms with Gasteiger partial charge in [0, 0.05) is 12.8 Å². The summed E-state index contributed by atoms with van der Waals surface area (Å²) < 4.78 is 4.81. The summed E-state index contributed by atoms with van der Waals surface area (Å²) in [5.74, 6) is -0.0917. The SMILES string of the molecule is CC(=O)CC1CCC(=O)O1. The van der Waals surface area contributed by atoms with E-state index in [2.05, 4.69) is 0 Å². The molecule has 1 atom stereocenters. The molecule has 0 N–H and O–H groups in total. The van der Waals surface area contributed by atoms with Gasteiger partial charge in [-0.05, 0) is 13.3 Å². The van der Waals surface area contributed by atoms with E-state index in [-0.39, 0.29) is 17.9 Å². The van der Waals surface area contributed by atoms with E-state index in [1.807, 2.05) is 0 Å². The van der Waals surface area contributed by atoms with Crippen LogP contribution in [0, 0.1) is 0 Å². The smallest absolute Gasteiger partial charge is 0.306 e. The molecule has 1 rings (SSSR count). The number of ketones is 1. The highest BCUT2D eigenvalue weighted by molar-refractivity contribution is 5.78. The summed E-state index contributed by atoms with van der Waals surface area (Å²) in [6.45, 7) is 1.51. The predicted octanol–water partition coefficient (Wildman–Crippen LogP) is 0.671. The quantitative estimate of drug-likeness (QED) is 0.532. The van der Waals surface area contributed by atoms with E-state index in [0.717, 1.165) is 0 Å². The van der Waals surface area contributed by atoms with E-state index < -0.39 is 0 Å². The first-order chi connectivity index (χ1) is 4.68. The van der Waals surface area contributed by atoms with E-state index in [1.54, 1.807) is 0 Å². The minimum atomic E-state index is -0.175. The molecule has 10 heavy (non-hydrogen) atoms. The van der Waals surface area contributed by atoms with Crippen LogP contribution in [-0.2, 0) is 14.3 Å². The Kier molecular flexibility index (Phi) is 2.04. The van der Waals surface area contributed by atoms with Gasteiger partial charge in [-0.2, -0.15) is 0 Å². The third kappa shape index (κ3) is 1.83. The van der Waals surface area contributed by atoms with Crippen molar-refractivity contribution in [1.29, 1.82) is 0 Å². The summed E-state index contributed by atoms with van der Waals surface area (Å²) >= 11 is 0. The maximum atomic E-state index is 10.5. The van der Waals surface area contributed by atoms with Crippen molar-refractivity contribution in [2.45, 2.75) is 32.3 Å². The second kappa shape index (κ2) is 2.82. The van der Waals surface area contributed by atoms with Crippen LogP contribution in [0.2, 0.25) is 0 Å². The average molecular weight is 142 g/mol. The molecule has 56 valence electrons. The van der Waals surface area contributed by atoms with Gasteiger partial charge in [0.1, 0.15) is 11.9 Å². The monoisotopic (exact) mass is 142 g/mol. The number of carbonyl (C=O) groups is 2. The van der Waals surface area contributed by atoms with Gasteiger partial charge in [0.15, 0.2) is 0 Å². The van der Waals surface area contributed by atoms with Gasteiger partial charge in [-0.1, -0.05) is 0 Å². The van der Waals surface area contributed by atoms with Gasteiger partial charge in [0.2, 0.25) is 0 Å². The van der Waals surface area contributed by atoms with Gasteiger partial charge >= 0.3 is 5.97 Å². The molecule has 1 aliphatic rings. The highest BCUT2D eigenvalue weighted by Crippen LogP contribution is 2.16. The summed E-state index contributed by atoms with van der Waals surface area (Å²) in [4.78, 5) is 21.0. The van der Waals surface area contributed by atoms with Crippen LogP contribution < -0.4 is 0 Å². The Balaban J connectivity index is 2.31. The Morgan fingerprint density at radius 2 is 2.50 bits per heavy atom. The Morgan fingerprint density at radius 3 is 2.90 bits per heavy atom. The van der Waals surface area contributed by atoms with Crippen LogP contribution in [-0.4, -0.2) is 17.9 Å². The number of Topliss-reactive ketones (excluding diaryl/α,β-unsaturated/α-hetero) is 1. The second-order valence-corrected chi connectivity index (χ2v) is 2.56. The van der Waals surface area contributed by atoms with Gasteiger partial charge in [0.25, 0.3) is 0 Å². The zero-order valence-electron chi connectivity index (χ0n) is 5.92. The fourth-order valence-electron chi connectivity index (χ4n) is 1.05. The summed E-state index contributed by atoms with van der Waals surface area (Å²) in [5, 5.41) is 0. The lowest BCUT2D eigenvalue weighted by Gasteiger charge is -2.04. The molecule has 0 aliphatic carbocycles. The molecule has 0 amide bonds. The number of cyclic esters (lactones) is 1. The molecule has 3 nitrogen and oxygen atoms in total.